The van der Waals surface area contributed by atoms with Crippen molar-refractivity contribution in [2.45, 2.75) is 29.9 Å². The first-order valence-corrected chi connectivity index (χ1v) is 17.8. The van der Waals surface area contributed by atoms with Gasteiger partial charge in [0.25, 0.3) is 0 Å². The average Bonchev–Trinajstić information content (AvgIpc) is 3.74. The minimum atomic E-state index is -3.43. The van der Waals surface area contributed by atoms with E-state index in [0.717, 1.165) is 5.69 Å². The highest BCUT2D eigenvalue weighted by Gasteiger charge is 2.27. The molecule has 1 aliphatic rings. The third-order valence-electron chi connectivity index (χ3n) is 6.53. The summed E-state index contributed by atoms with van der Waals surface area (Å²) in [5.41, 5.74) is 1.37. The van der Waals surface area contributed by atoms with Gasteiger partial charge in [0.2, 0.25) is 12.2 Å². The van der Waals surface area contributed by atoms with Crippen LogP contribution in [-0.4, -0.2) is 77.7 Å². The number of sulfone groups is 2. The molecule has 1 saturated heterocycles. The maximum absolute atomic E-state index is 12.4. The van der Waals surface area contributed by atoms with Gasteiger partial charge in [-0.2, -0.15) is 0 Å². The fourth-order valence-electron chi connectivity index (χ4n) is 4.16. The SMILES string of the molecule is CCS(=O)(=O)c1cc(Br)cnc1-c1ncc(C2OCCO2)n1C.CCS(=O)(=O)c1cc(Br)cnc1-c1ncc(OC)n1C. The molecule has 0 radical (unpaired) electrons. The van der Waals surface area contributed by atoms with Crippen molar-refractivity contribution >= 4 is 51.5 Å². The zero-order valence-corrected chi connectivity index (χ0v) is 28.8. The summed E-state index contributed by atoms with van der Waals surface area (Å²) in [5, 5.41) is 0. The molecule has 0 spiro atoms. The van der Waals surface area contributed by atoms with Crippen LogP contribution >= 0.6 is 31.9 Å². The van der Waals surface area contributed by atoms with Crippen molar-refractivity contribution in [2.24, 2.45) is 14.1 Å². The molecule has 232 valence electrons. The highest BCUT2D eigenvalue weighted by atomic mass is 79.9. The van der Waals surface area contributed by atoms with E-state index in [1.54, 1.807) is 67.8 Å². The fourth-order valence-corrected chi connectivity index (χ4v) is 7.23. The van der Waals surface area contributed by atoms with Crippen molar-refractivity contribution in [3.8, 4) is 28.9 Å². The van der Waals surface area contributed by atoms with Crippen molar-refractivity contribution in [2.75, 3.05) is 31.8 Å². The molecule has 43 heavy (non-hydrogen) atoms. The van der Waals surface area contributed by atoms with Crippen molar-refractivity contribution in [3.05, 3.63) is 51.6 Å². The van der Waals surface area contributed by atoms with Crippen LogP contribution in [0.2, 0.25) is 0 Å². The van der Waals surface area contributed by atoms with Gasteiger partial charge < -0.3 is 18.8 Å². The second-order valence-electron chi connectivity index (χ2n) is 9.13. The molecule has 17 heteroatoms. The number of methoxy groups -OCH3 is 1. The van der Waals surface area contributed by atoms with Crippen LogP contribution in [0.3, 0.4) is 0 Å². The largest absolute Gasteiger partial charge is 0.481 e. The van der Waals surface area contributed by atoms with Gasteiger partial charge in [-0.05, 0) is 44.0 Å². The number of aromatic nitrogens is 6. The Hall–Kier alpha value is -2.70. The molecule has 0 atom stereocenters. The van der Waals surface area contributed by atoms with Crippen LogP contribution in [0.4, 0.5) is 0 Å². The lowest BCUT2D eigenvalue weighted by Gasteiger charge is -2.12. The Balaban J connectivity index is 0.000000199. The van der Waals surface area contributed by atoms with Crippen LogP contribution < -0.4 is 4.74 Å². The smallest absolute Gasteiger partial charge is 0.213 e. The normalized spacial score (nSPS) is 14.0. The molecule has 0 aliphatic carbocycles. The lowest BCUT2D eigenvalue weighted by atomic mass is 10.3. The number of ether oxygens (including phenoxy) is 3. The molecule has 13 nitrogen and oxygen atoms in total. The Labute approximate surface area is 266 Å². The first-order valence-electron chi connectivity index (χ1n) is 12.9. The predicted octanol–water partition coefficient (Wildman–Crippen LogP) is 4.13. The molecule has 0 amide bonds. The molecular weight excluding hydrogens is 732 g/mol. The van der Waals surface area contributed by atoms with Crippen molar-refractivity contribution in [3.63, 3.8) is 0 Å². The number of rotatable bonds is 8. The Kier molecular flexibility index (Phi) is 10.4. The zero-order chi connectivity index (χ0) is 31.5. The van der Waals surface area contributed by atoms with Gasteiger partial charge in [0, 0.05) is 35.4 Å². The fraction of sp³-hybridized carbons (Fsp3) is 0.385. The monoisotopic (exact) mass is 760 g/mol. The van der Waals surface area contributed by atoms with Crippen LogP contribution in [0.5, 0.6) is 5.88 Å². The van der Waals surface area contributed by atoms with E-state index in [1.807, 2.05) is 0 Å². The third-order valence-corrected chi connectivity index (χ3v) is 10.9. The van der Waals surface area contributed by atoms with E-state index in [4.69, 9.17) is 14.2 Å². The van der Waals surface area contributed by atoms with E-state index in [1.165, 1.54) is 13.3 Å². The van der Waals surface area contributed by atoms with Crippen LogP contribution in [0, 0.1) is 0 Å². The molecule has 0 saturated carbocycles. The van der Waals surface area contributed by atoms with Crippen molar-refractivity contribution in [1.82, 2.24) is 29.1 Å². The molecule has 0 unspecified atom stereocenters. The third kappa shape index (κ3) is 7.01. The van der Waals surface area contributed by atoms with Crippen LogP contribution in [0.15, 0.2) is 55.7 Å². The molecule has 4 aromatic heterocycles. The van der Waals surface area contributed by atoms with Gasteiger partial charge in [0.15, 0.2) is 31.3 Å². The number of nitrogens with zero attached hydrogens (tertiary/aromatic N) is 6. The summed E-state index contributed by atoms with van der Waals surface area (Å²) in [6.45, 7) is 4.25. The summed E-state index contributed by atoms with van der Waals surface area (Å²) in [6.07, 6.45) is 5.77. The quantitative estimate of drug-likeness (QED) is 0.254. The topological polar surface area (TPSA) is 157 Å². The second kappa shape index (κ2) is 13.5. The number of halogens is 2. The zero-order valence-electron chi connectivity index (χ0n) is 24.0. The summed E-state index contributed by atoms with van der Waals surface area (Å²) >= 11 is 6.52. The Morgan fingerprint density at radius 1 is 0.791 bits per heavy atom. The Morgan fingerprint density at radius 2 is 1.26 bits per heavy atom. The highest BCUT2D eigenvalue weighted by molar-refractivity contribution is 9.10. The number of pyridine rings is 2. The van der Waals surface area contributed by atoms with Gasteiger partial charge in [-0.1, -0.05) is 13.8 Å². The van der Waals surface area contributed by atoms with E-state index in [-0.39, 0.29) is 21.3 Å². The summed E-state index contributed by atoms with van der Waals surface area (Å²) in [7, 11) is -1.78. The summed E-state index contributed by atoms with van der Waals surface area (Å²) in [5.74, 6) is 1.42. The number of hydrogen-bond donors (Lipinski definition) is 0. The van der Waals surface area contributed by atoms with Gasteiger partial charge in [-0.25, -0.2) is 26.8 Å². The maximum atomic E-state index is 12.4. The Bertz CT molecular complexity index is 1840. The van der Waals surface area contributed by atoms with Gasteiger partial charge >= 0.3 is 0 Å². The van der Waals surface area contributed by atoms with Gasteiger partial charge in [-0.3, -0.25) is 14.5 Å². The average molecular weight is 763 g/mol. The maximum Gasteiger partial charge on any atom is 0.213 e. The highest BCUT2D eigenvalue weighted by Crippen LogP contribution is 2.32. The molecule has 0 aromatic carbocycles. The molecule has 0 bridgehead atoms. The number of hydrogen-bond acceptors (Lipinski definition) is 11. The summed E-state index contributed by atoms with van der Waals surface area (Å²) < 4.78 is 69.9. The first-order chi connectivity index (χ1) is 20.3. The van der Waals surface area contributed by atoms with E-state index in [2.05, 4.69) is 51.8 Å². The molecule has 1 aliphatic heterocycles. The molecular formula is C26H30Br2N6O7S2. The van der Waals surface area contributed by atoms with Crippen LogP contribution in [-0.2, 0) is 43.2 Å². The standard InChI is InChI=1S/C14H16BrN3O4S.C12H14BrN3O3S/c1-3-23(19,20)11-6-9(15)7-16-12(11)13-17-8-10(18(13)2)14-21-4-5-22-14;1-4-20(17,18)9-5-8(13)6-14-11(9)12-15-7-10(19-3)16(12)2/h6-8,14H,3-5H2,1-2H3;5-7H,4H2,1-3H3. The van der Waals surface area contributed by atoms with Crippen LogP contribution in [0.25, 0.3) is 23.0 Å². The predicted molar refractivity (Wildman–Crippen MR) is 165 cm³/mol. The number of imidazole rings is 2. The minimum absolute atomic E-state index is 0.000306. The summed E-state index contributed by atoms with van der Waals surface area (Å²) in [6, 6.07) is 3.10. The minimum Gasteiger partial charge on any atom is -0.481 e. The van der Waals surface area contributed by atoms with E-state index < -0.39 is 26.0 Å². The lowest BCUT2D eigenvalue weighted by molar-refractivity contribution is -0.0491. The molecule has 5 heterocycles. The van der Waals surface area contributed by atoms with Crippen LogP contribution in [0.1, 0.15) is 25.8 Å². The van der Waals surface area contributed by atoms with E-state index in [9.17, 15) is 16.8 Å². The van der Waals surface area contributed by atoms with Gasteiger partial charge in [0.1, 0.15) is 11.4 Å². The van der Waals surface area contributed by atoms with Gasteiger partial charge in [0.05, 0.1) is 59.7 Å². The molecule has 5 rings (SSSR count). The molecule has 0 N–H and O–H groups in total. The van der Waals surface area contributed by atoms with E-state index in [0.29, 0.717) is 51.1 Å². The molecule has 1 fully saturated rings. The van der Waals surface area contributed by atoms with Crippen molar-refractivity contribution < 1.29 is 31.0 Å². The Morgan fingerprint density at radius 3 is 1.70 bits per heavy atom. The summed E-state index contributed by atoms with van der Waals surface area (Å²) in [4.78, 5) is 17.3. The van der Waals surface area contributed by atoms with E-state index >= 15 is 0 Å². The lowest BCUT2D eigenvalue weighted by Crippen LogP contribution is -2.10. The van der Waals surface area contributed by atoms with Crippen molar-refractivity contribution in [1.29, 1.82) is 0 Å². The van der Waals surface area contributed by atoms with Gasteiger partial charge in [-0.15, -0.1) is 0 Å². The second-order valence-corrected chi connectivity index (χ2v) is 15.5. The molecule has 4 aromatic rings. The first kappa shape index (κ1) is 33.2.